The number of carbonyl (C=O) groups excluding carboxylic acids is 1. The van der Waals surface area contributed by atoms with E-state index in [-0.39, 0.29) is 6.61 Å². The number of nitrogens with zero attached hydrogens (tertiary/aromatic N) is 1. The second kappa shape index (κ2) is 11.9. The maximum atomic E-state index is 11.2. The highest BCUT2D eigenvalue weighted by molar-refractivity contribution is 5.79. The van der Waals surface area contributed by atoms with Gasteiger partial charge in [-0.25, -0.2) is 0 Å². The van der Waals surface area contributed by atoms with E-state index >= 15 is 0 Å². The van der Waals surface area contributed by atoms with Crippen LogP contribution in [0.3, 0.4) is 0 Å². The van der Waals surface area contributed by atoms with Gasteiger partial charge in [-0.2, -0.15) is 0 Å². The highest BCUT2D eigenvalue weighted by Gasteiger charge is 2.17. The summed E-state index contributed by atoms with van der Waals surface area (Å²) >= 11 is 0. The summed E-state index contributed by atoms with van der Waals surface area (Å²) in [4.78, 5) is 13.3. The molecule has 0 amide bonds. The number of hydrogen-bond donors (Lipinski definition) is 1. The number of aliphatic hydroxyl groups excluding tert-OH is 1. The first-order chi connectivity index (χ1) is 15.2. The van der Waals surface area contributed by atoms with Crippen molar-refractivity contribution in [1.82, 2.24) is 4.90 Å². The molecule has 31 heavy (non-hydrogen) atoms. The Morgan fingerprint density at radius 3 is 2.52 bits per heavy atom. The molecule has 0 fully saturated rings. The van der Waals surface area contributed by atoms with Crippen LogP contribution in [0.15, 0.2) is 71.3 Å². The lowest BCUT2D eigenvalue weighted by Crippen LogP contribution is -2.35. The third-order valence-corrected chi connectivity index (χ3v) is 4.73. The number of para-hydroxylation sites is 2. The zero-order valence-electron chi connectivity index (χ0n) is 17.8. The van der Waals surface area contributed by atoms with Crippen molar-refractivity contribution < 1.29 is 23.8 Å². The summed E-state index contributed by atoms with van der Waals surface area (Å²) in [6, 6.07) is 18.7. The normalized spacial score (nSPS) is 12.0. The van der Waals surface area contributed by atoms with Gasteiger partial charge in [-0.3, -0.25) is 9.69 Å². The van der Waals surface area contributed by atoms with Gasteiger partial charge in [0.2, 0.25) is 0 Å². The number of ether oxygens (including phenoxy) is 2. The fraction of sp³-hybridized carbons (Fsp3) is 0.320. The predicted molar refractivity (Wildman–Crippen MR) is 118 cm³/mol. The number of carbonyl (C=O) groups is 1. The lowest BCUT2D eigenvalue weighted by Gasteiger charge is -2.25. The van der Waals surface area contributed by atoms with Crippen LogP contribution in [0.25, 0.3) is 0 Å². The Labute approximate surface area is 183 Å². The fourth-order valence-corrected chi connectivity index (χ4v) is 3.28. The molecule has 6 nitrogen and oxygen atoms in total. The minimum atomic E-state index is -0.751. The fourth-order valence-electron chi connectivity index (χ4n) is 3.28. The minimum Gasteiger partial charge on any atom is -0.493 e. The molecule has 0 aliphatic heterocycles. The van der Waals surface area contributed by atoms with E-state index in [4.69, 9.17) is 13.9 Å². The average molecular weight is 424 g/mol. The number of rotatable bonds is 13. The third kappa shape index (κ3) is 6.98. The van der Waals surface area contributed by atoms with Crippen LogP contribution in [-0.2, 0) is 13.1 Å². The molecule has 164 valence electrons. The van der Waals surface area contributed by atoms with Gasteiger partial charge in [0, 0.05) is 18.7 Å². The minimum absolute atomic E-state index is 0.0769. The standard InChI is InChI=1S/C25H29NO5/c1-2-13-30-24-11-5-3-8-20(24)15-26(17-23-10-7-14-29-23)16-22(28)19-31-25-12-6-4-9-21(25)18-27/h3-12,14,18,22,28H,2,13,15-17,19H2,1H3. The lowest BCUT2D eigenvalue weighted by atomic mass is 10.1. The number of hydrogen-bond acceptors (Lipinski definition) is 6. The van der Waals surface area contributed by atoms with E-state index in [1.165, 1.54) is 0 Å². The average Bonchev–Trinajstić information content (AvgIpc) is 3.30. The van der Waals surface area contributed by atoms with Crippen molar-refractivity contribution in [1.29, 1.82) is 0 Å². The molecular weight excluding hydrogens is 394 g/mol. The topological polar surface area (TPSA) is 72.1 Å². The van der Waals surface area contributed by atoms with Crippen molar-refractivity contribution in [2.24, 2.45) is 0 Å². The summed E-state index contributed by atoms with van der Waals surface area (Å²) in [6.45, 7) is 4.30. The number of aliphatic hydroxyl groups is 1. The number of furan rings is 1. The quantitative estimate of drug-likeness (QED) is 0.413. The molecule has 0 bridgehead atoms. The Bertz CT molecular complexity index is 925. The van der Waals surface area contributed by atoms with E-state index in [0.717, 1.165) is 29.8 Å². The molecule has 1 unspecified atom stereocenters. The second-order valence-corrected chi connectivity index (χ2v) is 7.33. The molecule has 0 radical (unpaired) electrons. The summed E-state index contributed by atoms with van der Waals surface area (Å²) in [5.74, 6) is 2.12. The summed E-state index contributed by atoms with van der Waals surface area (Å²) in [6.07, 6.45) is 2.57. The zero-order chi connectivity index (χ0) is 21.9. The van der Waals surface area contributed by atoms with Crippen LogP contribution in [0.2, 0.25) is 0 Å². The molecule has 0 spiro atoms. The van der Waals surface area contributed by atoms with Gasteiger partial charge in [0.15, 0.2) is 6.29 Å². The second-order valence-electron chi connectivity index (χ2n) is 7.33. The van der Waals surface area contributed by atoms with Crippen molar-refractivity contribution in [3.8, 4) is 11.5 Å². The van der Waals surface area contributed by atoms with Crippen molar-refractivity contribution in [2.75, 3.05) is 19.8 Å². The Morgan fingerprint density at radius 2 is 1.77 bits per heavy atom. The number of aldehydes is 1. The lowest BCUT2D eigenvalue weighted by molar-refractivity contribution is 0.0597. The molecule has 6 heteroatoms. The molecule has 1 atom stereocenters. The summed E-state index contributed by atoms with van der Waals surface area (Å²) < 4.78 is 17.1. The molecule has 0 saturated heterocycles. The van der Waals surface area contributed by atoms with Crippen LogP contribution in [0.4, 0.5) is 0 Å². The van der Waals surface area contributed by atoms with Gasteiger partial charge in [0.1, 0.15) is 30.0 Å². The molecule has 1 aromatic heterocycles. The Balaban J connectivity index is 1.67. The van der Waals surface area contributed by atoms with Gasteiger partial charge < -0.3 is 19.0 Å². The van der Waals surface area contributed by atoms with E-state index < -0.39 is 6.10 Å². The van der Waals surface area contributed by atoms with Crippen LogP contribution >= 0.6 is 0 Å². The van der Waals surface area contributed by atoms with Crippen LogP contribution in [0.5, 0.6) is 11.5 Å². The maximum Gasteiger partial charge on any atom is 0.153 e. The van der Waals surface area contributed by atoms with Crippen molar-refractivity contribution >= 4 is 6.29 Å². The van der Waals surface area contributed by atoms with E-state index in [1.54, 1.807) is 30.5 Å². The first-order valence-electron chi connectivity index (χ1n) is 10.5. The summed E-state index contributed by atoms with van der Waals surface area (Å²) in [5, 5.41) is 10.6. The van der Waals surface area contributed by atoms with Crippen LogP contribution in [0.1, 0.15) is 35.0 Å². The molecule has 3 rings (SSSR count). The molecular formula is C25H29NO5. The molecule has 0 aliphatic rings. The first-order valence-corrected chi connectivity index (χ1v) is 10.5. The summed E-state index contributed by atoms with van der Waals surface area (Å²) in [5.41, 5.74) is 1.51. The molecule has 3 aromatic rings. The van der Waals surface area contributed by atoms with Gasteiger partial charge in [0.25, 0.3) is 0 Å². The largest absolute Gasteiger partial charge is 0.493 e. The van der Waals surface area contributed by atoms with Crippen LogP contribution in [-0.4, -0.2) is 42.2 Å². The molecule has 0 saturated carbocycles. The van der Waals surface area contributed by atoms with E-state index in [1.807, 2.05) is 36.4 Å². The van der Waals surface area contributed by atoms with Crippen LogP contribution in [0, 0.1) is 0 Å². The van der Waals surface area contributed by atoms with Crippen molar-refractivity contribution in [2.45, 2.75) is 32.5 Å². The SMILES string of the molecule is CCCOc1ccccc1CN(Cc1ccco1)CC(O)COc1ccccc1C=O. The zero-order valence-corrected chi connectivity index (χ0v) is 17.8. The van der Waals surface area contributed by atoms with Gasteiger partial charge in [-0.05, 0) is 36.8 Å². The van der Waals surface area contributed by atoms with Crippen molar-refractivity contribution in [3.63, 3.8) is 0 Å². The highest BCUT2D eigenvalue weighted by atomic mass is 16.5. The Kier molecular flexibility index (Phi) is 8.70. The van der Waals surface area contributed by atoms with Gasteiger partial charge >= 0.3 is 0 Å². The smallest absolute Gasteiger partial charge is 0.153 e. The molecule has 0 aliphatic carbocycles. The first kappa shape index (κ1) is 22.6. The monoisotopic (exact) mass is 423 g/mol. The van der Waals surface area contributed by atoms with Gasteiger partial charge in [-0.1, -0.05) is 37.3 Å². The van der Waals surface area contributed by atoms with E-state index in [2.05, 4.69) is 11.8 Å². The third-order valence-electron chi connectivity index (χ3n) is 4.73. The highest BCUT2D eigenvalue weighted by Crippen LogP contribution is 2.22. The van der Waals surface area contributed by atoms with Gasteiger partial charge in [0.05, 0.1) is 25.0 Å². The van der Waals surface area contributed by atoms with Crippen LogP contribution < -0.4 is 9.47 Å². The van der Waals surface area contributed by atoms with E-state index in [9.17, 15) is 9.90 Å². The van der Waals surface area contributed by atoms with E-state index in [0.29, 0.717) is 37.6 Å². The molecule has 2 aromatic carbocycles. The Morgan fingerprint density at radius 1 is 1.00 bits per heavy atom. The Hall–Kier alpha value is -3.09. The number of benzene rings is 2. The van der Waals surface area contributed by atoms with Crippen molar-refractivity contribution in [3.05, 3.63) is 83.8 Å². The predicted octanol–water partition coefficient (Wildman–Crippen LogP) is 4.32. The van der Waals surface area contributed by atoms with Gasteiger partial charge in [-0.15, -0.1) is 0 Å². The summed E-state index contributed by atoms with van der Waals surface area (Å²) in [7, 11) is 0. The molecule has 1 heterocycles. The maximum absolute atomic E-state index is 11.2. The molecule has 1 N–H and O–H groups in total.